The van der Waals surface area contributed by atoms with Gasteiger partial charge >= 0.3 is 99.2 Å². The van der Waals surface area contributed by atoms with Crippen molar-refractivity contribution in [3.8, 4) is 0 Å². The molecule has 6 rings (SSSR count). The summed E-state index contributed by atoms with van der Waals surface area (Å²) in [6.07, 6.45) is 11.9. The smallest absolute Gasteiger partial charge is 0.0771 e. The van der Waals surface area contributed by atoms with Gasteiger partial charge in [0.05, 0.1) is 0 Å². The van der Waals surface area contributed by atoms with E-state index < -0.39 is 0 Å². The summed E-state index contributed by atoms with van der Waals surface area (Å²) in [4.78, 5) is 0. The van der Waals surface area contributed by atoms with Crippen LogP contribution in [0.15, 0.2) is 132 Å². The summed E-state index contributed by atoms with van der Waals surface area (Å²) < 4.78 is 1.42. The summed E-state index contributed by atoms with van der Waals surface area (Å²) >= 11 is 1.46. The van der Waals surface area contributed by atoms with Gasteiger partial charge in [0, 0.05) is 0 Å². The third-order valence-electron chi connectivity index (χ3n) is 6.66. The first-order chi connectivity index (χ1) is 18.7. The number of benzene rings is 4. The second-order valence-electron chi connectivity index (χ2n) is 9.61. The van der Waals surface area contributed by atoms with Gasteiger partial charge in [-0.05, 0) is 6.42 Å². The van der Waals surface area contributed by atoms with Crippen LogP contribution in [0.25, 0.3) is 21.5 Å². The van der Waals surface area contributed by atoms with Crippen molar-refractivity contribution in [3.63, 3.8) is 0 Å². The molecule has 1 heteroatoms. The van der Waals surface area contributed by atoms with Gasteiger partial charge in [-0.2, -0.15) is 5.57 Å². The molecule has 38 heavy (non-hydrogen) atoms. The van der Waals surface area contributed by atoms with Gasteiger partial charge in [-0.25, -0.2) is 11.6 Å². The van der Waals surface area contributed by atoms with Crippen molar-refractivity contribution in [3.05, 3.63) is 150 Å². The monoisotopic (exact) mass is 570 g/mol. The van der Waals surface area contributed by atoms with E-state index >= 15 is 0 Å². The maximum atomic E-state index is 3.42. The molecule has 188 valence electrons. The van der Waals surface area contributed by atoms with Crippen molar-refractivity contribution in [2.45, 2.75) is 46.0 Å². The third kappa shape index (κ3) is 7.75. The Hall–Kier alpha value is -3.02. The quantitative estimate of drug-likeness (QED) is 0.178. The van der Waals surface area contributed by atoms with Crippen LogP contribution < -0.4 is 0 Å². The molecule has 0 fully saturated rings. The average Bonchev–Trinajstić information content (AvgIpc) is 3.59. The molecule has 0 amide bonds. The number of hydrogen-bond donors (Lipinski definition) is 0. The first-order valence-electron chi connectivity index (χ1n) is 13.7. The Morgan fingerprint density at radius 2 is 1.13 bits per heavy atom. The van der Waals surface area contributed by atoms with Gasteiger partial charge in [0.15, 0.2) is 0 Å². The molecule has 0 aromatic heterocycles. The van der Waals surface area contributed by atoms with E-state index in [0.29, 0.717) is 0 Å². The number of allylic oxidation sites excluding steroid dienone is 4. The molecule has 5 aromatic rings. The van der Waals surface area contributed by atoms with E-state index in [1.54, 1.807) is 5.57 Å². The molecule has 0 saturated heterocycles. The van der Waals surface area contributed by atoms with Crippen LogP contribution in [-0.4, -0.2) is 3.21 Å². The predicted molar refractivity (Wildman–Crippen MR) is 162 cm³/mol. The van der Waals surface area contributed by atoms with Crippen molar-refractivity contribution >= 4 is 24.8 Å². The van der Waals surface area contributed by atoms with Gasteiger partial charge in [0.25, 0.3) is 0 Å². The van der Waals surface area contributed by atoms with Crippen LogP contribution in [0.1, 0.15) is 57.1 Å². The molecule has 0 aliphatic heterocycles. The number of rotatable bonds is 6. The van der Waals surface area contributed by atoms with Crippen LogP contribution in [0, 0.1) is 6.08 Å². The topological polar surface area (TPSA) is 0 Å². The summed E-state index contributed by atoms with van der Waals surface area (Å²) in [5.74, 6) is 0. The molecule has 0 radical (unpaired) electrons. The second kappa shape index (κ2) is 14.8. The zero-order valence-electron chi connectivity index (χ0n) is 22.6. The standard InChI is InChI=1S/C13H9.C13H10.C11H17.Zr/c1-3-7-12-10(5-1)9-11-6-2-4-8-13(11)12;1-3-7-12(8-4-1)11-13-9-5-2-6-10-13;1-3-5-10-7-8-11(9-10)6-4-2;/h1-9H;1-10H;9H,3-7H2,1-2H3;/q-1;;-1;+2. The maximum absolute atomic E-state index is 3.42. The van der Waals surface area contributed by atoms with E-state index in [0.717, 1.165) is 6.42 Å². The van der Waals surface area contributed by atoms with Gasteiger partial charge in [0.2, 0.25) is 0 Å². The zero-order valence-corrected chi connectivity index (χ0v) is 25.0. The summed E-state index contributed by atoms with van der Waals surface area (Å²) in [6.45, 7) is 4.46. The summed E-state index contributed by atoms with van der Waals surface area (Å²) in [7, 11) is 0. The van der Waals surface area contributed by atoms with Crippen LogP contribution in [0.5, 0.6) is 0 Å². The summed E-state index contributed by atoms with van der Waals surface area (Å²) in [5, 5.41) is 5.39. The molecule has 0 N–H and O–H groups in total. The Morgan fingerprint density at radius 1 is 0.658 bits per heavy atom. The van der Waals surface area contributed by atoms with Crippen molar-refractivity contribution in [1.29, 1.82) is 0 Å². The van der Waals surface area contributed by atoms with Crippen LogP contribution >= 0.6 is 0 Å². The van der Waals surface area contributed by atoms with E-state index in [2.05, 4.69) is 141 Å². The van der Waals surface area contributed by atoms with E-state index in [-0.39, 0.29) is 0 Å². The van der Waals surface area contributed by atoms with E-state index in [9.17, 15) is 0 Å². The summed E-state index contributed by atoms with van der Waals surface area (Å²) in [6, 6.07) is 40.4. The maximum Gasteiger partial charge on any atom is -0.0771 e. The summed E-state index contributed by atoms with van der Waals surface area (Å²) in [5.41, 5.74) is 5.68. The SMILES string of the molecule is CCCC1=[C-]CC(CCC)=C1.[Zr+2]=[C](c1ccccc1)c1ccccc1.c1ccc2c(c1)[cH-]c1ccccc12. The first kappa shape index (κ1) is 28.0. The molecule has 0 heterocycles. The van der Waals surface area contributed by atoms with Crippen LogP contribution in [0.3, 0.4) is 0 Å². The van der Waals surface area contributed by atoms with Crippen molar-refractivity contribution < 1.29 is 24.2 Å². The van der Waals surface area contributed by atoms with Gasteiger partial charge in [-0.1, -0.05) is 69.5 Å². The van der Waals surface area contributed by atoms with E-state index in [1.165, 1.54) is 91.4 Å². The van der Waals surface area contributed by atoms with Crippen molar-refractivity contribution in [2.24, 2.45) is 0 Å². The van der Waals surface area contributed by atoms with Crippen LogP contribution in [0.2, 0.25) is 0 Å². The molecule has 0 nitrogen and oxygen atoms in total. The number of hydrogen-bond acceptors (Lipinski definition) is 0. The fourth-order valence-electron chi connectivity index (χ4n) is 4.77. The zero-order chi connectivity index (χ0) is 26.6. The largest absolute Gasteiger partial charge is 0.126 e. The molecule has 0 bridgehead atoms. The molecule has 1 aliphatic rings. The molecule has 0 saturated carbocycles. The fraction of sp³-hybridized carbons (Fsp3) is 0.189. The molecular weight excluding hydrogens is 536 g/mol. The van der Waals surface area contributed by atoms with Crippen LogP contribution in [0.4, 0.5) is 0 Å². The van der Waals surface area contributed by atoms with Gasteiger partial charge in [-0.15, -0.1) is 46.2 Å². The Bertz CT molecular complexity index is 1410. The van der Waals surface area contributed by atoms with Gasteiger partial charge < -0.3 is 0 Å². The van der Waals surface area contributed by atoms with Crippen molar-refractivity contribution in [1.82, 2.24) is 0 Å². The number of fused-ring (bicyclic) bond motifs is 3. The first-order valence-corrected chi connectivity index (χ1v) is 14.9. The molecule has 0 spiro atoms. The average molecular weight is 572 g/mol. The Balaban J connectivity index is 0.000000134. The van der Waals surface area contributed by atoms with Crippen molar-refractivity contribution in [2.75, 3.05) is 0 Å². The Kier molecular flexibility index (Phi) is 10.9. The normalized spacial score (nSPS) is 12.2. The second-order valence-corrected chi connectivity index (χ2v) is 10.8. The minimum atomic E-state index is 1.10. The third-order valence-corrected chi connectivity index (χ3v) is 8.08. The van der Waals surface area contributed by atoms with Gasteiger partial charge in [-0.3, -0.25) is 6.08 Å². The fourth-order valence-corrected chi connectivity index (χ4v) is 5.59. The molecule has 0 atom stereocenters. The van der Waals surface area contributed by atoms with E-state index in [4.69, 9.17) is 0 Å². The molecular formula is C37H36Zr. The Morgan fingerprint density at radius 3 is 1.63 bits per heavy atom. The molecule has 5 aromatic carbocycles. The molecule has 1 aliphatic carbocycles. The molecule has 0 unspecified atom stereocenters. The minimum Gasteiger partial charge on any atom is -0.126 e. The Labute approximate surface area is 243 Å². The predicted octanol–water partition coefficient (Wildman–Crippen LogP) is 10.2. The van der Waals surface area contributed by atoms with Gasteiger partial charge in [0.1, 0.15) is 0 Å². The van der Waals surface area contributed by atoms with E-state index in [1.807, 2.05) is 0 Å². The van der Waals surface area contributed by atoms with Crippen LogP contribution in [-0.2, 0) is 24.2 Å². The minimum absolute atomic E-state index is 1.10.